The molecular formula is C25H22N4O5. The van der Waals surface area contributed by atoms with Crippen LogP contribution in [-0.2, 0) is 16.5 Å². The van der Waals surface area contributed by atoms with Crippen LogP contribution in [0, 0.1) is 0 Å². The molecule has 34 heavy (non-hydrogen) atoms. The Balaban J connectivity index is 1.57. The topological polar surface area (TPSA) is 104 Å². The zero-order chi connectivity index (χ0) is 24.2. The minimum Gasteiger partial charge on any atom is -0.465 e. The molecule has 2 heterocycles. The Bertz CT molecular complexity index is 1350. The van der Waals surface area contributed by atoms with Crippen molar-refractivity contribution in [2.24, 2.45) is 7.05 Å². The molecule has 9 heteroatoms. The lowest BCUT2D eigenvalue weighted by atomic mass is 10.0. The molecule has 4 rings (SSSR count). The molecule has 0 aliphatic heterocycles. The van der Waals surface area contributed by atoms with Crippen molar-refractivity contribution >= 4 is 23.5 Å². The number of methoxy groups -OCH3 is 2. The van der Waals surface area contributed by atoms with Crippen molar-refractivity contribution in [1.29, 1.82) is 0 Å². The first-order chi connectivity index (χ1) is 16.4. The van der Waals surface area contributed by atoms with Crippen LogP contribution >= 0.6 is 0 Å². The lowest BCUT2D eigenvalue weighted by molar-refractivity contribution is 0.0557. The molecule has 0 atom stereocenters. The van der Waals surface area contributed by atoms with Crippen LogP contribution in [0.3, 0.4) is 0 Å². The number of carbonyl (C=O) groups is 3. The number of nitrogens with one attached hydrogen (secondary N) is 1. The van der Waals surface area contributed by atoms with E-state index in [1.54, 1.807) is 46.8 Å². The van der Waals surface area contributed by atoms with Gasteiger partial charge in [0.15, 0.2) is 0 Å². The predicted octanol–water partition coefficient (Wildman–Crippen LogP) is 3.70. The van der Waals surface area contributed by atoms with Crippen LogP contribution in [0.4, 0.5) is 5.69 Å². The molecule has 0 bridgehead atoms. The molecule has 4 aromatic rings. The molecule has 0 saturated heterocycles. The molecule has 2 aromatic carbocycles. The van der Waals surface area contributed by atoms with Crippen molar-refractivity contribution in [3.05, 3.63) is 89.9 Å². The van der Waals surface area contributed by atoms with Gasteiger partial charge in [0, 0.05) is 25.1 Å². The fraction of sp³-hybridized carbons (Fsp3) is 0.120. The number of hydrogen-bond donors (Lipinski definition) is 1. The summed E-state index contributed by atoms with van der Waals surface area (Å²) in [6.45, 7) is 0. The smallest absolute Gasteiger partial charge is 0.340 e. The van der Waals surface area contributed by atoms with Gasteiger partial charge in [-0.05, 0) is 29.8 Å². The van der Waals surface area contributed by atoms with Crippen LogP contribution in [0.5, 0.6) is 0 Å². The van der Waals surface area contributed by atoms with Crippen molar-refractivity contribution in [2.45, 2.75) is 0 Å². The molecule has 0 unspecified atom stereocenters. The normalized spacial score (nSPS) is 10.6. The van der Waals surface area contributed by atoms with Crippen LogP contribution in [0.15, 0.2) is 73.2 Å². The lowest BCUT2D eigenvalue weighted by Gasteiger charge is -2.09. The fourth-order valence-electron chi connectivity index (χ4n) is 3.62. The third-order valence-electron chi connectivity index (χ3n) is 5.26. The molecule has 172 valence electrons. The summed E-state index contributed by atoms with van der Waals surface area (Å²) in [4.78, 5) is 37.3. The molecule has 0 saturated carbocycles. The maximum absolute atomic E-state index is 12.7. The van der Waals surface area contributed by atoms with Crippen molar-refractivity contribution in [3.8, 4) is 16.9 Å². The van der Waals surface area contributed by atoms with Crippen molar-refractivity contribution in [2.75, 3.05) is 19.5 Å². The second kappa shape index (κ2) is 9.45. The highest BCUT2D eigenvalue weighted by atomic mass is 16.5. The van der Waals surface area contributed by atoms with Gasteiger partial charge in [-0.2, -0.15) is 5.10 Å². The number of aryl methyl sites for hydroxylation is 1. The van der Waals surface area contributed by atoms with Gasteiger partial charge in [0.25, 0.3) is 5.91 Å². The van der Waals surface area contributed by atoms with E-state index in [1.807, 2.05) is 30.3 Å². The van der Waals surface area contributed by atoms with Gasteiger partial charge in [0.1, 0.15) is 0 Å². The minimum absolute atomic E-state index is 0.111. The van der Waals surface area contributed by atoms with Gasteiger partial charge < -0.3 is 19.4 Å². The van der Waals surface area contributed by atoms with Crippen LogP contribution in [-0.4, -0.2) is 46.4 Å². The summed E-state index contributed by atoms with van der Waals surface area (Å²) in [5, 5.41) is 7.07. The first-order valence-electron chi connectivity index (χ1n) is 10.3. The zero-order valence-electron chi connectivity index (χ0n) is 18.8. The number of esters is 2. The third kappa shape index (κ3) is 4.31. The molecule has 0 aliphatic carbocycles. The monoisotopic (exact) mass is 458 g/mol. The van der Waals surface area contributed by atoms with E-state index >= 15 is 0 Å². The molecule has 1 N–H and O–H groups in total. The third-order valence-corrected chi connectivity index (χ3v) is 5.26. The summed E-state index contributed by atoms with van der Waals surface area (Å²) < 4.78 is 13.0. The molecule has 0 spiro atoms. The predicted molar refractivity (Wildman–Crippen MR) is 125 cm³/mol. The van der Waals surface area contributed by atoms with E-state index in [9.17, 15) is 14.4 Å². The number of hydrogen-bond acceptors (Lipinski definition) is 6. The number of aromatic nitrogens is 3. The van der Waals surface area contributed by atoms with E-state index in [0.717, 1.165) is 5.69 Å². The number of benzene rings is 2. The van der Waals surface area contributed by atoms with E-state index in [-0.39, 0.29) is 17.0 Å². The van der Waals surface area contributed by atoms with Crippen LogP contribution < -0.4 is 5.32 Å². The molecule has 0 radical (unpaired) electrons. The summed E-state index contributed by atoms with van der Waals surface area (Å²) in [6, 6.07) is 16.4. The minimum atomic E-state index is -0.649. The van der Waals surface area contributed by atoms with Crippen molar-refractivity contribution in [3.63, 3.8) is 0 Å². The number of nitrogens with zero attached hydrogens (tertiary/aromatic N) is 3. The largest absolute Gasteiger partial charge is 0.465 e. The Morgan fingerprint density at radius 2 is 1.56 bits per heavy atom. The molecule has 9 nitrogen and oxygen atoms in total. The van der Waals surface area contributed by atoms with Gasteiger partial charge in [-0.25, -0.2) is 14.3 Å². The first kappa shape index (κ1) is 22.5. The molecule has 0 fully saturated rings. The highest BCUT2D eigenvalue weighted by Gasteiger charge is 2.27. The van der Waals surface area contributed by atoms with E-state index in [1.165, 1.54) is 26.6 Å². The zero-order valence-corrected chi connectivity index (χ0v) is 18.8. The summed E-state index contributed by atoms with van der Waals surface area (Å²) in [5.74, 6) is -1.59. The van der Waals surface area contributed by atoms with Gasteiger partial charge >= 0.3 is 11.9 Å². The quantitative estimate of drug-likeness (QED) is 0.442. The Kier molecular flexibility index (Phi) is 6.26. The Morgan fingerprint density at radius 1 is 0.882 bits per heavy atom. The van der Waals surface area contributed by atoms with Crippen LogP contribution in [0.2, 0.25) is 0 Å². The van der Waals surface area contributed by atoms with E-state index in [0.29, 0.717) is 22.5 Å². The Hall–Kier alpha value is -4.66. The number of anilines is 1. The molecule has 0 aliphatic rings. The number of ether oxygens (including phenoxy) is 2. The standard InChI is InChI=1S/C25H22N4O5/c1-28-15-20(24(31)33-2)21(25(32)34-3)22(28)16-9-11-18(12-10-16)27-23(30)17-13-26-29(14-17)19-7-5-4-6-8-19/h4-15H,1-3H3,(H,27,30). The first-order valence-corrected chi connectivity index (χ1v) is 10.3. The second-order valence-electron chi connectivity index (χ2n) is 7.40. The van der Waals surface area contributed by atoms with E-state index in [4.69, 9.17) is 9.47 Å². The number of amides is 1. The summed E-state index contributed by atoms with van der Waals surface area (Å²) in [6.07, 6.45) is 4.67. The van der Waals surface area contributed by atoms with Gasteiger partial charge in [-0.15, -0.1) is 0 Å². The molecular weight excluding hydrogens is 436 g/mol. The number of carbonyl (C=O) groups excluding carboxylic acids is 3. The lowest BCUT2D eigenvalue weighted by Crippen LogP contribution is -2.11. The van der Waals surface area contributed by atoms with Crippen LogP contribution in [0.25, 0.3) is 16.9 Å². The maximum Gasteiger partial charge on any atom is 0.340 e. The second-order valence-corrected chi connectivity index (χ2v) is 7.40. The van der Waals surface area contributed by atoms with Crippen molar-refractivity contribution in [1.82, 2.24) is 14.3 Å². The van der Waals surface area contributed by atoms with Gasteiger partial charge in [0.05, 0.1) is 48.5 Å². The van der Waals surface area contributed by atoms with Crippen molar-refractivity contribution < 1.29 is 23.9 Å². The highest BCUT2D eigenvalue weighted by Crippen LogP contribution is 2.30. The van der Waals surface area contributed by atoms with Gasteiger partial charge in [-0.3, -0.25) is 4.79 Å². The highest BCUT2D eigenvalue weighted by molar-refractivity contribution is 6.08. The Labute approximate surface area is 195 Å². The van der Waals surface area contributed by atoms with E-state index in [2.05, 4.69) is 10.4 Å². The average molecular weight is 458 g/mol. The van der Waals surface area contributed by atoms with E-state index < -0.39 is 11.9 Å². The molecule has 2 aromatic heterocycles. The van der Waals surface area contributed by atoms with Gasteiger partial charge in [-0.1, -0.05) is 30.3 Å². The number of rotatable bonds is 6. The summed E-state index contributed by atoms with van der Waals surface area (Å²) >= 11 is 0. The summed E-state index contributed by atoms with van der Waals surface area (Å²) in [7, 11) is 4.21. The van der Waals surface area contributed by atoms with Crippen LogP contribution in [0.1, 0.15) is 31.1 Å². The fourth-order valence-corrected chi connectivity index (χ4v) is 3.62. The SMILES string of the molecule is COC(=O)c1cn(C)c(-c2ccc(NC(=O)c3cnn(-c4ccccc4)c3)cc2)c1C(=O)OC. The van der Waals surface area contributed by atoms with Gasteiger partial charge in [0.2, 0.25) is 0 Å². The maximum atomic E-state index is 12.7. The average Bonchev–Trinajstić information content (AvgIpc) is 3.49. The Morgan fingerprint density at radius 3 is 2.21 bits per heavy atom. The summed E-state index contributed by atoms with van der Waals surface area (Å²) in [5.41, 5.74) is 3.19. The number of para-hydroxylation sites is 1. The molecule has 1 amide bonds.